The Bertz CT molecular complexity index is 6.00. The van der Waals surface area contributed by atoms with E-state index in [1.54, 1.807) is 6.92 Å². The summed E-state index contributed by atoms with van der Waals surface area (Å²) in [6.07, 6.45) is 0. The number of aliphatic hydroxyl groups is 1. The number of hydrogen-bond acceptors (Lipinski definition) is 1. The third kappa shape index (κ3) is 22.4. The average molecular weight is 119 g/mol. The molecule has 0 bridgehead atoms. The summed E-state index contributed by atoms with van der Waals surface area (Å²) in [7, 11) is 0. The fourth-order valence-electron chi connectivity index (χ4n) is 0. The van der Waals surface area contributed by atoms with Crippen molar-refractivity contribution in [1.82, 2.24) is 0 Å². The Morgan fingerprint density at radius 2 is 1.75 bits per heavy atom. The molecule has 0 saturated heterocycles. The van der Waals surface area contributed by atoms with Gasteiger partial charge in [-0.15, -0.1) is 0 Å². The quantitative estimate of drug-likeness (QED) is 0.430. The van der Waals surface area contributed by atoms with Crippen LogP contribution in [-0.4, -0.2) is 29.3 Å². The first-order chi connectivity index (χ1) is 1.41. The Kier molecular flexibility index (Phi) is 21.4. The molecule has 4 radical (unpaired) electrons. The summed E-state index contributed by atoms with van der Waals surface area (Å²) in [5.74, 6) is 0. The van der Waals surface area contributed by atoms with Crippen LogP contribution in [0.1, 0.15) is 6.92 Å². The van der Waals surface area contributed by atoms with E-state index >= 15 is 0 Å². The van der Waals surface area contributed by atoms with Crippen molar-refractivity contribution < 1.29 is 5.11 Å². The van der Waals surface area contributed by atoms with Crippen LogP contribution in [-0.2, 0) is 0 Å². The molecule has 0 atom stereocenters. The molecule has 2 heteroatoms. The van der Waals surface area contributed by atoms with Gasteiger partial charge in [-0.1, -0.05) is 0 Å². The second kappa shape index (κ2) is 9.72. The van der Waals surface area contributed by atoms with Crippen LogP contribution in [0.3, 0.4) is 0 Å². The summed E-state index contributed by atoms with van der Waals surface area (Å²) >= 11 is 0. The molecule has 1 nitrogen and oxygen atoms in total. The van der Waals surface area contributed by atoms with E-state index in [0.29, 0.717) is 0 Å². The van der Waals surface area contributed by atoms with E-state index in [0.717, 1.165) is 0 Å². The molecule has 0 aliphatic carbocycles. The summed E-state index contributed by atoms with van der Waals surface area (Å²) in [6.45, 7) is 1.93. The van der Waals surface area contributed by atoms with Crippen LogP contribution in [0.5, 0.6) is 0 Å². The maximum atomic E-state index is 7.57. The van der Waals surface area contributed by atoms with Gasteiger partial charge in [0.05, 0.1) is 0 Å². The van der Waals surface area contributed by atoms with Crippen molar-refractivity contribution in [3.05, 3.63) is 0 Å². The van der Waals surface area contributed by atoms with Gasteiger partial charge in [-0.25, -0.2) is 0 Å². The van der Waals surface area contributed by atoms with Gasteiger partial charge in [0.1, 0.15) is 0 Å². The summed E-state index contributed by atoms with van der Waals surface area (Å²) in [6, 6.07) is 0. The summed E-state index contributed by atoms with van der Waals surface area (Å²) < 4.78 is 0. The predicted molar refractivity (Wildman–Crippen MR) is 18.5 cm³/mol. The van der Waals surface area contributed by atoms with E-state index in [4.69, 9.17) is 5.11 Å². The van der Waals surface area contributed by atoms with Crippen LogP contribution in [0.2, 0.25) is 0 Å². The van der Waals surface area contributed by atoms with Crippen LogP contribution in [0.4, 0.5) is 0 Å². The molecule has 0 spiro atoms. The monoisotopic (exact) mass is 120 g/mol. The SMILES string of the molecule is CCO.[Ge]. The molecular weight excluding hydrogens is 113 g/mol. The van der Waals surface area contributed by atoms with E-state index in [2.05, 4.69) is 0 Å². The molecule has 24 valence electrons. The zero-order valence-electron chi connectivity index (χ0n) is 2.65. The first kappa shape index (κ1) is 8.82. The van der Waals surface area contributed by atoms with Crippen LogP contribution in [0.25, 0.3) is 0 Å². The Morgan fingerprint density at radius 1 is 1.75 bits per heavy atom. The smallest absolute Gasteiger partial charge is 0.0402 e. The minimum Gasteiger partial charge on any atom is -0.397 e. The van der Waals surface area contributed by atoms with Gasteiger partial charge >= 0.3 is 0 Å². The van der Waals surface area contributed by atoms with Gasteiger partial charge in [-0.05, 0) is 6.92 Å². The van der Waals surface area contributed by atoms with Gasteiger partial charge in [-0.2, -0.15) is 0 Å². The first-order valence-electron chi connectivity index (χ1n) is 1.02. The number of rotatable bonds is 0. The van der Waals surface area contributed by atoms with Crippen molar-refractivity contribution in [2.24, 2.45) is 0 Å². The van der Waals surface area contributed by atoms with Crippen LogP contribution >= 0.6 is 0 Å². The molecular formula is C2H6GeO. The third-order valence-electron chi connectivity index (χ3n) is 0. The van der Waals surface area contributed by atoms with Gasteiger partial charge < -0.3 is 5.11 Å². The second-order valence-corrected chi connectivity index (χ2v) is 0.316. The number of aliphatic hydroxyl groups excluding tert-OH is 1. The minimum absolute atomic E-state index is 0. The fourth-order valence-corrected chi connectivity index (χ4v) is 0. The van der Waals surface area contributed by atoms with Gasteiger partial charge in [0.15, 0.2) is 0 Å². The maximum absolute atomic E-state index is 7.57. The zero-order valence-corrected chi connectivity index (χ0v) is 4.75. The van der Waals surface area contributed by atoms with Crippen molar-refractivity contribution in [3.8, 4) is 0 Å². The van der Waals surface area contributed by atoms with E-state index in [1.807, 2.05) is 0 Å². The summed E-state index contributed by atoms with van der Waals surface area (Å²) in [5, 5.41) is 7.57. The summed E-state index contributed by atoms with van der Waals surface area (Å²) in [5.41, 5.74) is 0. The number of hydrogen-bond donors (Lipinski definition) is 1. The predicted octanol–water partition coefficient (Wildman–Crippen LogP) is -0.382. The third-order valence-corrected chi connectivity index (χ3v) is 0. The Labute approximate surface area is 37.0 Å². The maximum Gasteiger partial charge on any atom is 0.0402 e. The second-order valence-electron chi connectivity index (χ2n) is 0.316. The van der Waals surface area contributed by atoms with Crippen LogP contribution < -0.4 is 0 Å². The van der Waals surface area contributed by atoms with Gasteiger partial charge in [0.2, 0.25) is 0 Å². The normalized spacial score (nSPS) is 4.50. The van der Waals surface area contributed by atoms with Crippen molar-refractivity contribution in [2.75, 3.05) is 6.61 Å². The molecule has 0 unspecified atom stereocenters. The fraction of sp³-hybridized carbons (Fsp3) is 1.00. The molecule has 0 aliphatic rings. The molecule has 0 aliphatic heterocycles. The molecule has 4 heavy (non-hydrogen) atoms. The first-order valence-corrected chi connectivity index (χ1v) is 1.02. The van der Waals surface area contributed by atoms with E-state index < -0.39 is 0 Å². The topological polar surface area (TPSA) is 20.2 Å². The van der Waals surface area contributed by atoms with Crippen LogP contribution in [0.15, 0.2) is 0 Å². The molecule has 0 saturated carbocycles. The molecule has 0 rings (SSSR count). The minimum atomic E-state index is 0. The van der Waals surface area contributed by atoms with Crippen molar-refractivity contribution in [3.63, 3.8) is 0 Å². The van der Waals surface area contributed by atoms with E-state index in [9.17, 15) is 0 Å². The standard InChI is InChI=1S/C2H6O.Ge/c1-2-3;/h3H,2H2,1H3;. The Balaban J connectivity index is 0. The van der Waals surface area contributed by atoms with Gasteiger partial charge in [0.25, 0.3) is 0 Å². The zero-order chi connectivity index (χ0) is 2.71. The summed E-state index contributed by atoms with van der Waals surface area (Å²) in [4.78, 5) is 0. The Morgan fingerprint density at radius 3 is 1.75 bits per heavy atom. The Hall–Kier alpha value is 0.503. The molecule has 0 aromatic rings. The van der Waals surface area contributed by atoms with E-state index in [-0.39, 0.29) is 24.2 Å². The molecule has 0 aromatic heterocycles. The molecule has 0 fully saturated rings. The largest absolute Gasteiger partial charge is 0.397 e. The molecule has 1 N–H and O–H groups in total. The van der Waals surface area contributed by atoms with Crippen molar-refractivity contribution >= 4 is 17.6 Å². The molecule has 0 aromatic carbocycles. The average Bonchev–Trinajstić information content (AvgIpc) is 0.918. The van der Waals surface area contributed by atoms with E-state index in [1.165, 1.54) is 0 Å². The van der Waals surface area contributed by atoms with Crippen LogP contribution in [0, 0.1) is 0 Å². The van der Waals surface area contributed by atoms with Gasteiger partial charge in [-0.3, -0.25) is 0 Å². The van der Waals surface area contributed by atoms with Crippen molar-refractivity contribution in [2.45, 2.75) is 6.92 Å². The molecule has 0 heterocycles. The van der Waals surface area contributed by atoms with Gasteiger partial charge in [0, 0.05) is 24.2 Å². The molecule has 0 amide bonds. The van der Waals surface area contributed by atoms with Crippen molar-refractivity contribution in [1.29, 1.82) is 0 Å².